The van der Waals surface area contributed by atoms with Gasteiger partial charge in [0.1, 0.15) is 17.5 Å². The van der Waals surface area contributed by atoms with Gasteiger partial charge in [0.05, 0.1) is 12.4 Å². The molecular weight excluding hydrogens is 320 g/mol. The minimum absolute atomic E-state index is 0.0975. The first-order valence-corrected chi connectivity index (χ1v) is 8.06. The van der Waals surface area contributed by atoms with E-state index in [0.29, 0.717) is 11.3 Å². The lowest BCUT2D eigenvalue weighted by Gasteiger charge is -2.11. The smallest absolute Gasteiger partial charge is 0.335 e. The van der Waals surface area contributed by atoms with E-state index in [2.05, 4.69) is 37.3 Å². The second-order valence-electron chi connectivity index (χ2n) is 6.14. The van der Waals surface area contributed by atoms with Gasteiger partial charge in [-0.1, -0.05) is 11.2 Å². The molecule has 8 nitrogen and oxygen atoms in total. The van der Waals surface area contributed by atoms with Gasteiger partial charge in [-0.05, 0) is 31.2 Å². The first-order valence-electron chi connectivity index (χ1n) is 8.06. The summed E-state index contributed by atoms with van der Waals surface area (Å²) in [6, 6.07) is 5.61. The Balaban J connectivity index is 1.52. The Morgan fingerprint density at radius 1 is 1.24 bits per heavy atom. The van der Waals surface area contributed by atoms with E-state index in [4.69, 9.17) is 4.74 Å². The van der Waals surface area contributed by atoms with Gasteiger partial charge in [-0.15, -0.1) is 5.10 Å². The molecule has 1 atom stereocenters. The Hall–Kier alpha value is -3.00. The second kappa shape index (κ2) is 6.48. The fraction of sp³-hybridized carbons (Fsp3) is 0.294. The largest absolute Gasteiger partial charge is 0.507 e. The second-order valence-corrected chi connectivity index (χ2v) is 6.14. The summed E-state index contributed by atoms with van der Waals surface area (Å²) in [6.07, 6.45) is 6.08. The van der Waals surface area contributed by atoms with Crippen LogP contribution in [0, 0.1) is 0 Å². The van der Waals surface area contributed by atoms with Crippen molar-refractivity contribution >= 4 is 0 Å². The molecule has 128 valence electrons. The Kier molecular flexibility index (Phi) is 4.02. The molecule has 0 spiro atoms. The molecule has 1 aromatic carbocycles. The van der Waals surface area contributed by atoms with Crippen LogP contribution >= 0.6 is 0 Å². The zero-order valence-electron chi connectivity index (χ0n) is 13.8. The molecule has 1 aliphatic heterocycles. The molecule has 3 aromatic rings. The number of hydrogen-bond acceptors (Lipinski definition) is 7. The summed E-state index contributed by atoms with van der Waals surface area (Å²) < 4.78 is 5.74. The van der Waals surface area contributed by atoms with E-state index < -0.39 is 0 Å². The molecule has 1 unspecified atom stereocenters. The molecule has 2 N–H and O–H groups in total. The van der Waals surface area contributed by atoms with E-state index in [9.17, 15) is 5.11 Å². The van der Waals surface area contributed by atoms with Crippen LogP contribution in [0.2, 0.25) is 0 Å². The summed E-state index contributed by atoms with van der Waals surface area (Å²) in [5, 5.41) is 25.1. The van der Waals surface area contributed by atoms with Crippen molar-refractivity contribution in [1.29, 1.82) is 0 Å². The summed E-state index contributed by atoms with van der Waals surface area (Å²) in [5.41, 5.74) is 2.82. The van der Waals surface area contributed by atoms with Crippen LogP contribution in [-0.2, 0) is 0 Å². The number of H-pyrrole nitrogens is 1. The molecular formula is C17H18N6O2. The lowest BCUT2D eigenvalue weighted by Crippen LogP contribution is -2.22. The molecule has 0 saturated carbocycles. The van der Waals surface area contributed by atoms with Crippen LogP contribution in [0.1, 0.15) is 6.42 Å². The Morgan fingerprint density at radius 3 is 2.80 bits per heavy atom. The predicted molar refractivity (Wildman–Crippen MR) is 91.0 cm³/mol. The summed E-state index contributed by atoms with van der Waals surface area (Å²) >= 11 is 0. The maximum absolute atomic E-state index is 10.3. The minimum atomic E-state index is 0.0975. The number of likely N-dealkylation sites (tertiary alicyclic amines) is 1. The van der Waals surface area contributed by atoms with Crippen LogP contribution in [0.5, 0.6) is 11.8 Å². The lowest BCUT2D eigenvalue weighted by molar-refractivity contribution is 0.189. The fourth-order valence-electron chi connectivity index (χ4n) is 2.92. The molecule has 1 saturated heterocycles. The maximum Gasteiger partial charge on any atom is 0.335 e. The van der Waals surface area contributed by atoms with E-state index in [-0.39, 0.29) is 17.9 Å². The van der Waals surface area contributed by atoms with Gasteiger partial charge in [0.2, 0.25) is 0 Å². The first-order chi connectivity index (χ1) is 12.2. The van der Waals surface area contributed by atoms with Crippen LogP contribution in [0.3, 0.4) is 0 Å². The predicted octanol–water partition coefficient (Wildman–Crippen LogP) is 1.72. The van der Waals surface area contributed by atoms with E-state index in [0.717, 1.165) is 30.6 Å². The number of rotatable bonds is 4. The summed E-state index contributed by atoms with van der Waals surface area (Å²) in [4.78, 5) is 6.42. The van der Waals surface area contributed by atoms with Crippen molar-refractivity contribution in [2.24, 2.45) is 0 Å². The number of aromatic hydroxyl groups is 1. The molecule has 0 bridgehead atoms. The first kappa shape index (κ1) is 15.5. The van der Waals surface area contributed by atoms with Crippen molar-refractivity contribution in [3.05, 3.63) is 36.8 Å². The highest BCUT2D eigenvalue weighted by Crippen LogP contribution is 2.31. The quantitative estimate of drug-likeness (QED) is 0.747. The van der Waals surface area contributed by atoms with Crippen LogP contribution in [-0.4, -0.2) is 61.6 Å². The molecule has 1 fully saturated rings. The molecule has 4 rings (SSSR count). The topological polar surface area (TPSA) is 100 Å². The Labute approximate surface area is 144 Å². The number of hydrogen-bond donors (Lipinski definition) is 2. The highest BCUT2D eigenvalue weighted by atomic mass is 16.5. The Morgan fingerprint density at radius 2 is 2.16 bits per heavy atom. The number of benzene rings is 1. The lowest BCUT2D eigenvalue weighted by atomic mass is 10.0. The summed E-state index contributed by atoms with van der Waals surface area (Å²) in [5.74, 6) is 0.112. The van der Waals surface area contributed by atoms with Gasteiger partial charge in [-0.2, -0.15) is 5.10 Å². The minimum Gasteiger partial charge on any atom is -0.507 e. The van der Waals surface area contributed by atoms with Crippen LogP contribution in [0.25, 0.3) is 22.4 Å². The van der Waals surface area contributed by atoms with E-state index in [1.165, 1.54) is 0 Å². The zero-order valence-corrected chi connectivity index (χ0v) is 13.8. The van der Waals surface area contributed by atoms with E-state index in [1.54, 1.807) is 30.7 Å². The number of ether oxygens (including phenoxy) is 1. The van der Waals surface area contributed by atoms with Crippen molar-refractivity contribution in [3.8, 4) is 34.1 Å². The standard InChI is InChI=1S/C17H18N6O2/c1-23-5-4-13(10-23)25-17-18-9-15(21-22-17)14-3-2-11(6-16(14)24)12-7-19-20-8-12/h2-3,6-9,13,24H,4-5,10H2,1H3,(H,19,20). The number of aromatic amines is 1. The van der Waals surface area contributed by atoms with E-state index >= 15 is 0 Å². The maximum atomic E-state index is 10.3. The van der Waals surface area contributed by atoms with Crippen molar-refractivity contribution in [2.75, 3.05) is 20.1 Å². The molecule has 3 heterocycles. The highest BCUT2D eigenvalue weighted by Gasteiger charge is 2.22. The third-order valence-corrected chi connectivity index (χ3v) is 4.27. The number of likely N-dealkylation sites (N-methyl/N-ethyl adjacent to an activating group) is 1. The molecule has 8 heteroatoms. The average molecular weight is 338 g/mol. The molecule has 1 aliphatic rings. The van der Waals surface area contributed by atoms with Crippen LogP contribution in [0.15, 0.2) is 36.8 Å². The van der Waals surface area contributed by atoms with Crippen molar-refractivity contribution in [3.63, 3.8) is 0 Å². The number of aromatic nitrogens is 5. The third kappa shape index (κ3) is 3.29. The van der Waals surface area contributed by atoms with Gasteiger partial charge < -0.3 is 14.7 Å². The van der Waals surface area contributed by atoms with Gasteiger partial charge in [-0.3, -0.25) is 5.10 Å². The van der Waals surface area contributed by atoms with Gasteiger partial charge in [0.25, 0.3) is 0 Å². The number of nitrogens with zero attached hydrogens (tertiary/aromatic N) is 5. The van der Waals surface area contributed by atoms with Gasteiger partial charge in [0.15, 0.2) is 0 Å². The highest BCUT2D eigenvalue weighted by molar-refractivity contribution is 5.73. The van der Waals surface area contributed by atoms with Crippen molar-refractivity contribution in [1.82, 2.24) is 30.3 Å². The molecule has 0 radical (unpaired) electrons. The number of nitrogens with one attached hydrogen (secondary N) is 1. The summed E-state index contributed by atoms with van der Waals surface area (Å²) in [6.45, 7) is 1.87. The Bertz CT molecular complexity index is 850. The molecule has 2 aromatic heterocycles. The molecule has 25 heavy (non-hydrogen) atoms. The van der Waals surface area contributed by atoms with Gasteiger partial charge >= 0.3 is 6.01 Å². The monoisotopic (exact) mass is 338 g/mol. The SMILES string of the molecule is CN1CCC(Oc2ncc(-c3ccc(-c4cn[nH]c4)cc3O)nn2)C1. The number of phenols is 1. The number of phenolic OH excluding ortho intramolecular Hbond substituents is 1. The van der Waals surface area contributed by atoms with Crippen molar-refractivity contribution < 1.29 is 9.84 Å². The molecule has 0 amide bonds. The van der Waals surface area contributed by atoms with Gasteiger partial charge in [-0.25, -0.2) is 4.98 Å². The van der Waals surface area contributed by atoms with Crippen molar-refractivity contribution in [2.45, 2.75) is 12.5 Å². The average Bonchev–Trinajstić information content (AvgIpc) is 3.28. The zero-order chi connectivity index (χ0) is 17.2. The molecule has 0 aliphatic carbocycles. The van der Waals surface area contributed by atoms with E-state index in [1.807, 2.05) is 6.07 Å². The van der Waals surface area contributed by atoms with Crippen LogP contribution < -0.4 is 4.74 Å². The normalized spacial score (nSPS) is 17.7. The van der Waals surface area contributed by atoms with Crippen LogP contribution in [0.4, 0.5) is 0 Å². The summed E-state index contributed by atoms with van der Waals surface area (Å²) in [7, 11) is 2.06. The fourth-order valence-corrected chi connectivity index (χ4v) is 2.92. The third-order valence-electron chi connectivity index (χ3n) is 4.27. The van der Waals surface area contributed by atoms with Gasteiger partial charge in [0, 0.05) is 30.4 Å².